The van der Waals surface area contributed by atoms with Gasteiger partial charge in [-0.1, -0.05) is 28.1 Å². The van der Waals surface area contributed by atoms with E-state index in [0.29, 0.717) is 13.0 Å². The fourth-order valence-electron chi connectivity index (χ4n) is 2.45. The summed E-state index contributed by atoms with van der Waals surface area (Å²) in [4.78, 5) is 18.2. The number of nitrogens with zero attached hydrogens (tertiary/aromatic N) is 2. The van der Waals surface area contributed by atoms with Crippen molar-refractivity contribution in [3.05, 3.63) is 58.8 Å². The molecule has 0 fully saturated rings. The third-order valence-corrected chi connectivity index (χ3v) is 4.49. The number of amides is 1. The highest BCUT2D eigenvalue weighted by Gasteiger charge is 2.09. The molecule has 4 nitrogen and oxygen atoms in total. The molecular formula is C19H24BrN3O. The van der Waals surface area contributed by atoms with E-state index in [4.69, 9.17) is 0 Å². The lowest BCUT2D eigenvalue weighted by molar-refractivity contribution is -0.121. The van der Waals surface area contributed by atoms with Gasteiger partial charge in [0.05, 0.1) is 0 Å². The van der Waals surface area contributed by atoms with E-state index < -0.39 is 0 Å². The van der Waals surface area contributed by atoms with Gasteiger partial charge < -0.3 is 10.2 Å². The van der Waals surface area contributed by atoms with Crippen LogP contribution in [0.25, 0.3) is 0 Å². The normalized spacial score (nSPS) is 11.8. The van der Waals surface area contributed by atoms with Gasteiger partial charge in [0.2, 0.25) is 5.91 Å². The summed E-state index contributed by atoms with van der Waals surface area (Å²) >= 11 is 3.44. The average molecular weight is 390 g/mol. The number of hydrogen-bond acceptors (Lipinski definition) is 3. The number of aromatic nitrogens is 1. The zero-order valence-corrected chi connectivity index (χ0v) is 15.8. The van der Waals surface area contributed by atoms with E-state index in [9.17, 15) is 4.79 Å². The van der Waals surface area contributed by atoms with Gasteiger partial charge in [-0.2, -0.15) is 0 Å². The molecule has 0 saturated heterocycles. The number of nitrogens with one attached hydrogen (secondary N) is 1. The first-order chi connectivity index (χ1) is 11.5. The highest BCUT2D eigenvalue weighted by atomic mass is 79.9. The van der Waals surface area contributed by atoms with Gasteiger partial charge in [-0.05, 0) is 49.6 Å². The van der Waals surface area contributed by atoms with Crippen LogP contribution in [0.3, 0.4) is 0 Å². The monoisotopic (exact) mass is 389 g/mol. The Hall–Kier alpha value is -1.88. The van der Waals surface area contributed by atoms with Crippen LogP contribution in [-0.4, -0.2) is 30.5 Å². The average Bonchev–Trinajstić information content (AvgIpc) is 2.60. The highest BCUT2D eigenvalue weighted by molar-refractivity contribution is 9.10. The van der Waals surface area contributed by atoms with Gasteiger partial charge in [0.25, 0.3) is 0 Å². The summed E-state index contributed by atoms with van der Waals surface area (Å²) < 4.78 is 1.09. The molecule has 1 aromatic heterocycles. The highest BCUT2D eigenvalue weighted by Crippen LogP contribution is 2.13. The van der Waals surface area contributed by atoms with Gasteiger partial charge in [-0.3, -0.25) is 9.78 Å². The first-order valence-electron chi connectivity index (χ1n) is 8.19. The number of anilines is 1. The van der Waals surface area contributed by atoms with Crippen molar-refractivity contribution in [2.24, 2.45) is 0 Å². The molecule has 1 heterocycles. The lowest BCUT2D eigenvalue weighted by Crippen LogP contribution is -2.35. The van der Waals surface area contributed by atoms with Crippen molar-refractivity contribution in [3.8, 4) is 0 Å². The predicted molar refractivity (Wildman–Crippen MR) is 102 cm³/mol. The number of aryl methyl sites for hydroxylation is 1. The first kappa shape index (κ1) is 18.5. The molecule has 0 aliphatic carbocycles. The number of carbonyl (C=O) groups excluding carboxylic acids is 1. The van der Waals surface area contributed by atoms with Crippen LogP contribution in [0.2, 0.25) is 0 Å². The fraction of sp³-hybridized carbons (Fsp3) is 0.368. The van der Waals surface area contributed by atoms with Gasteiger partial charge in [0.1, 0.15) is 0 Å². The minimum absolute atomic E-state index is 0.0965. The summed E-state index contributed by atoms with van der Waals surface area (Å²) in [6.07, 6.45) is 5.91. The Morgan fingerprint density at radius 1 is 1.21 bits per heavy atom. The van der Waals surface area contributed by atoms with Crippen molar-refractivity contribution >= 4 is 27.5 Å². The third kappa shape index (κ3) is 6.32. The standard InChI is InChI=1S/C19H24BrN3O/c1-15(3-4-16-5-7-17(20)8-6-16)22-19(24)11-14-23(2)18-9-12-21-13-10-18/h5-10,12-13,15H,3-4,11,14H2,1-2H3,(H,22,24)/t15-/m0/s1. The van der Waals surface area contributed by atoms with Crippen molar-refractivity contribution in [1.29, 1.82) is 0 Å². The third-order valence-electron chi connectivity index (χ3n) is 3.96. The minimum atomic E-state index is 0.0965. The van der Waals surface area contributed by atoms with Crippen LogP contribution in [0.4, 0.5) is 5.69 Å². The predicted octanol–water partition coefficient (Wildman–Crippen LogP) is 3.81. The molecule has 1 atom stereocenters. The minimum Gasteiger partial charge on any atom is -0.374 e. The summed E-state index contributed by atoms with van der Waals surface area (Å²) in [5.41, 5.74) is 2.36. The van der Waals surface area contributed by atoms with Crippen molar-refractivity contribution in [1.82, 2.24) is 10.3 Å². The van der Waals surface area contributed by atoms with Gasteiger partial charge >= 0.3 is 0 Å². The van der Waals surface area contributed by atoms with E-state index in [0.717, 1.165) is 23.0 Å². The summed E-state index contributed by atoms with van der Waals surface area (Å²) in [6.45, 7) is 2.75. The quantitative estimate of drug-likeness (QED) is 0.746. The molecule has 0 aliphatic rings. The van der Waals surface area contributed by atoms with E-state index in [1.54, 1.807) is 12.4 Å². The summed E-state index contributed by atoms with van der Waals surface area (Å²) in [5, 5.41) is 3.08. The Morgan fingerprint density at radius 2 is 1.88 bits per heavy atom. The second kappa shape index (κ2) is 9.42. The van der Waals surface area contributed by atoms with Gasteiger partial charge in [-0.15, -0.1) is 0 Å². The van der Waals surface area contributed by atoms with E-state index in [1.807, 2.05) is 31.3 Å². The molecule has 1 N–H and O–H groups in total. The van der Waals surface area contributed by atoms with Crippen LogP contribution < -0.4 is 10.2 Å². The topological polar surface area (TPSA) is 45.2 Å². The maximum Gasteiger partial charge on any atom is 0.221 e. The zero-order chi connectivity index (χ0) is 17.4. The second-order valence-electron chi connectivity index (χ2n) is 6.01. The zero-order valence-electron chi connectivity index (χ0n) is 14.2. The molecular weight excluding hydrogens is 366 g/mol. The van der Waals surface area contributed by atoms with E-state index in [2.05, 4.69) is 50.2 Å². The van der Waals surface area contributed by atoms with Crippen molar-refractivity contribution in [3.63, 3.8) is 0 Å². The van der Waals surface area contributed by atoms with Crippen molar-refractivity contribution in [2.75, 3.05) is 18.5 Å². The van der Waals surface area contributed by atoms with Gasteiger partial charge in [0.15, 0.2) is 0 Å². The largest absolute Gasteiger partial charge is 0.374 e. The van der Waals surface area contributed by atoms with E-state index in [-0.39, 0.29) is 11.9 Å². The Labute approximate surface area is 152 Å². The Bertz CT molecular complexity index is 631. The first-order valence-corrected chi connectivity index (χ1v) is 8.99. The molecule has 0 aliphatic heterocycles. The lowest BCUT2D eigenvalue weighted by atomic mass is 10.1. The molecule has 1 aromatic carbocycles. The van der Waals surface area contributed by atoms with Crippen LogP contribution in [0.1, 0.15) is 25.3 Å². The molecule has 128 valence electrons. The van der Waals surface area contributed by atoms with Gasteiger partial charge in [0, 0.05) is 48.6 Å². The number of rotatable bonds is 8. The molecule has 0 radical (unpaired) electrons. The molecule has 1 amide bonds. The number of hydrogen-bond donors (Lipinski definition) is 1. The number of carbonyl (C=O) groups is 1. The molecule has 0 bridgehead atoms. The number of halogens is 1. The maximum atomic E-state index is 12.1. The Kier molecular flexibility index (Phi) is 7.25. The lowest BCUT2D eigenvalue weighted by Gasteiger charge is -2.20. The Morgan fingerprint density at radius 3 is 2.54 bits per heavy atom. The molecule has 24 heavy (non-hydrogen) atoms. The van der Waals surface area contributed by atoms with Gasteiger partial charge in [-0.25, -0.2) is 0 Å². The van der Waals surface area contributed by atoms with Crippen molar-refractivity contribution < 1.29 is 4.79 Å². The van der Waals surface area contributed by atoms with Crippen LogP contribution in [0.15, 0.2) is 53.3 Å². The summed E-state index contributed by atoms with van der Waals surface area (Å²) in [7, 11) is 1.99. The molecule has 5 heteroatoms. The van der Waals surface area contributed by atoms with E-state index in [1.165, 1.54) is 5.56 Å². The maximum absolute atomic E-state index is 12.1. The fourth-order valence-corrected chi connectivity index (χ4v) is 2.71. The smallest absolute Gasteiger partial charge is 0.221 e. The van der Waals surface area contributed by atoms with Crippen molar-refractivity contribution in [2.45, 2.75) is 32.2 Å². The molecule has 0 saturated carbocycles. The van der Waals surface area contributed by atoms with Crippen LogP contribution >= 0.6 is 15.9 Å². The van der Waals surface area contributed by atoms with E-state index >= 15 is 0 Å². The van der Waals surface area contributed by atoms with Crippen LogP contribution in [0, 0.1) is 0 Å². The molecule has 0 spiro atoms. The molecule has 2 aromatic rings. The Balaban J connectivity index is 1.68. The second-order valence-corrected chi connectivity index (χ2v) is 6.93. The molecule has 0 unspecified atom stereocenters. The number of pyridine rings is 1. The summed E-state index contributed by atoms with van der Waals surface area (Å²) in [5.74, 6) is 0.0965. The van der Waals surface area contributed by atoms with Crippen LogP contribution in [-0.2, 0) is 11.2 Å². The van der Waals surface area contributed by atoms with Crippen LogP contribution in [0.5, 0.6) is 0 Å². The summed E-state index contributed by atoms with van der Waals surface area (Å²) in [6, 6.07) is 12.4. The molecule has 2 rings (SSSR count). The SMILES string of the molecule is C[C@@H](CCc1ccc(Br)cc1)NC(=O)CCN(C)c1ccncc1. The number of benzene rings is 1.